The third kappa shape index (κ3) is 6.94. The van der Waals surface area contributed by atoms with Crippen LogP contribution in [0.2, 0.25) is 0 Å². The molecule has 0 saturated carbocycles. The monoisotopic (exact) mass is 584 g/mol. The van der Waals surface area contributed by atoms with Gasteiger partial charge in [-0.1, -0.05) is 93.2 Å². The van der Waals surface area contributed by atoms with E-state index < -0.39 is 0 Å². The summed E-state index contributed by atoms with van der Waals surface area (Å²) in [7, 11) is 0. The van der Waals surface area contributed by atoms with Crippen molar-refractivity contribution >= 4 is 17.1 Å². The molecule has 2 atom stereocenters. The van der Waals surface area contributed by atoms with E-state index in [0.29, 0.717) is 11.8 Å². The lowest BCUT2D eigenvalue weighted by Crippen LogP contribution is -2.34. The minimum Gasteiger partial charge on any atom is -0.299 e. The second-order valence-electron chi connectivity index (χ2n) is 13.0. The van der Waals surface area contributed by atoms with Crippen molar-refractivity contribution in [3.05, 3.63) is 136 Å². The Balaban J connectivity index is 0.00000384. The number of allylic oxidation sites excluding steroid dienone is 4. The van der Waals surface area contributed by atoms with Gasteiger partial charge in [0.2, 0.25) is 0 Å². The number of piperidine rings is 1. The van der Waals surface area contributed by atoms with Crippen molar-refractivity contribution in [2.45, 2.75) is 66.8 Å². The van der Waals surface area contributed by atoms with Gasteiger partial charge in [0.25, 0.3) is 0 Å². The average Bonchev–Trinajstić information content (AvgIpc) is 3.43. The summed E-state index contributed by atoms with van der Waals surface area (Å²) in [6.07, 6.45) is 9.73. The summed E-state index contributed by atoms with van der Waals surface area (Å²) in [5.74, 6) is 2.10. The first-order chi connectivity index (χ1) is 20.9. The van der Waals surface area contributed by atoms with Crippen molar-refractivity contribution in [2.75, 3.05) is 13.1 Å². The zero-order chi connectivity index (χ0) is 29.9. The Labute approximate surface area is 265 Å². The maximum atomic E-state index is 11.8. The molecule has 0 N–H and O–H groups in total. The van der Waals surface area contributed by atoms with Crippen LogP contribution in [-0.2, 0) is 19.4 Å². The van der Waals surface area contributed by atoms with Crippen molar-refractivity contribution < 1.29 is 4.79 Å². The molecule has 2 unspecified atom stereocenters. The molecule has 228 valence electrons. The van der Waals surface area contributed by atoms with Gasteiger partial charge >= 0.3 is 0 Å². The predicted molar refractivity (Wildman–Crippen MR) is 186 cm³/mol. The fraction of sp³-hybridized carbons (Fsp3) is 0.366. The number of likely N-dealkylation sites (tertiary alicyclic amines) is 1. The van der Waals surface area contributed by atoms with Gasteiger partial charge in [-0.05, 0) is 122 Å². The molecule has 1 aliphatic carbocycles. The highest BCUT2D eigenvalue weighted by Gasteiger charge is 2.30. The number of hydrogen-bond donors (Lipinski definition) is 0. The summed E-state index contributed by atoms with van der Waals surface area (Å²) in [6, 6.07) is 26.1. The molecule has 3 aromatic carbocycles. The Hall–Kier alpha value is -3.82. The Bertz CT molecular complexity index is 1600. The molecule has 1 fully saturated rings. The van der Waals surface area contributed by atoms with E-state index in [1.54, 1.807) is 6.92 Å². The molecule has 0 radical (unpaired) electrons. The summed E-state index contributed by atoms with van der Waals surface area (Å²) in [4.78, 5) is 18.9. The summed E-state index contributed by atoms with van der Waals surface area (Å²) in [5.41, 5.74) is 12.5. The highest BCUT2D eigenvalue weighted by atomic mass is 16.1. The maximum Gasteiger partial charge on any atom is 0.159 e. The molecule has 3 aromatic rings. The molecular formula is C41H48N2O. The van der Waals surface area contributed by atoms with Gasteiger partial charge in [-0.15, -0.1) is 0 Å². The largest absolute Gasteiger partial charge is 0.299 e. The molecule has 0 aromatic heterocycles. The summed E-state index contributed by atoms with van der Waals surface area (Å²) < 4.78 is 0. The van der Waals surface area contributed by atoms with Gasteiger partial charge in [0.1, 0.15) is 0 Å². The summed E-state index contributed by atoms with van der Waals surface area (Å²) >= 11 is 0. The molecule has 2 aliphatic heterocycles. The smallest absolute Gasteiger partial charge is 0.159 e. The van der Waals surface area contributed by atoms with E-state index in [9.17, 15) is 4.79 Å². The quantitative estimate of drug-likeness (QED) is 0.247. The van der Waals surface area contributed by atoms with Crippen LogP contribution < -0.4 is 0 Å². The van der Waals surface area contributed by atoms with Crippen LogP contribution in [0.15, 0.2) is 108 Å². The lowest BCUT2D eigenvalue weighted by Gasteiger charge is -2.35. The number of aliphatic imine (C=N–C) groups is 1. The van der Waals surface area contributed by atoms with Gasteiger partial charge in [0.15, 0.2) is 5.78 Å². The summed E-state index contributed by atoms with van der Waals surface area (Å²) in [5, 5.41) is 0. The Kier molecular flexibility index (Phi) is 9.96. The molecule has 44 heavy (non-hydrogen) atoms. The number of rotatable bonds is 8. The van der Waals surface area contributed by atoms with E-state index >= 15 is 0 Å². The lowest BCUT2D eigenvalue weighted by atomic mass is 9.77. The van der Waals surface area contributed by atoms with Crippen LogP contribution in [0.1, 0.15) is 85.6 Å². The van der Waals surface area contributed by atoms with Crippen LogP contribution in [0.3, 0.4) is 0 Å². The van der Waals surface area contributed by atoms with Crippen molar-refractivity contribution in [1.82, 2.24) is 4.90 Å². The number of hydrogen-bond acceptors (Lipinski definition) is 3. The van der Waals surface area contributed by atoms with Gasteiger partial charge in [-0.25, -0.2) is 0 Å². The van der Waals surface area contributed by atoms with Gasteiger partial charge in [-0.3, -0.25) is 14.7 Å². The normalized spacial score (nSPS) is 20.6. The first-order valence-electron chi connectivity index (χ1n) is 16.0. The van der Waals surface area contributed by atoms with Crippen molar-refractivity contribution in [3.63, 3.8) is 0 Å². The van der Waals surface area contributed by atoms with Crippen LogP contribution >= 0.6 is 0 Å². The Morgan fingerprint density at radius 1 is 0.977 bits per heavy atom. The van der Waals surface area contributed by atoms with Crippen LogP contribution in [0.4, 0.5) is 0 Å². The summed E-state index contributed by atoms with van der Waals surface area (Å²) in [6.45, 7) is 13.9. The molecule has 0 spiro atoms. The fourth-order valence-electron chi connectivity index (χ4n) is 7.38. The number of ketones is 1. The van der Waals surface area contributed by atoms with E-state index in [1.807, 2.05) is 24.4 Å². The molecule has 2 heterocycles. The van der Waals surface area contributed by atoms with Crippen molar-refractivity contribution in [3.8, 4) is 0 Å². The van der Waals surface area contributed by atoms with E-state index in [2.05, 4.69) is 91.0 Å². The number of carbonyl (C=O) groups excluding carboxylic acids is 1. The average molecular weight is 585 g/mol. The van der Waals surface area contributed by atoms with Crippen LogP contribution in [-0.4, -0.2) is 29.5 Å². The molecule has 0 bridgehead atoms. The first kappa shape index (κ1) is 31.6. The molecule has 3 nitrogen and oxygen atoms in total. The predicted octanol–water partition coefficient (Wildman–Crippen LogP) is 9.52. The Morgan fingerprint density at radius 3 is 2.43 bits per heavy atom. The minimum absolute atomic E-state index is 0. The highest BCUT2D eigenvalue weighted by Crippen LogP contribution is 2.41. The standard InChI is InChI=1S/C40H44N2O.CH4/c1-27-16-19-41-40(27)36-10-7-8-33(23-36)26-42-20-17-32(18-21-42)22-37-25-35-9-5-6-11-38(35)39(29(3)28(37)2)24-31-12-14-34(15-13-31)30(4)43;/h5-16,19,23,28,32,37H,1,17-18,20-22,24-26H2,2-4H3;1H4. The molecule has 1 saturated heterocycles. The first-order valence-corrected chi connectivity index (χ1v) is 16.0. The lowest BCUT2D eigenvalue weighted by molar-refractivity contribution is 0.101. The molecule has 6 rings (SSSR count). The van der Waals surface area contributed by atoms with E-state index in [4.69, 9.17) is 0 Å². The molecule has 3 heteroatoms. The van der Waals surface area contributed by atoms with E-state index in [0.717, 1.165) is 55.2 Å². The number of benzene rings is 3. The number of Topliss-reactive ketones (excluding diaryl/α,β-unsaturated/α-hetero) is 1. The second kappa shape index (κ2) is 13.9. The zero-order valence-electron chi connectivity index (χ0n) is 26.0. The topological polar surface area (TPSA) is 32.7 Å². The third-order valence-corrected chi connectivity index (χ3v) is 10.2. The van der Waals surface area contributed by atoms with Crippen molar-refractivity contribution in [2.24, 2.45) is 22.7 Å². The van der Waals surface area contributed by atoms with Crippen LogP contribution in [0, 0.1) is 17.8 Å². The fourth-order valence-corrected chi connectivity index (χ4v) is 7.38. The number of nitrogens with zero attached hydrogens (tertiary/aromatic N) is 2. The number of carbonyl (C=O) groups is 1. The van der Waals surface area contributed by atoms with Gasteiger partial charge in [-0.2, -0.15) is 0 Å². The van der Waals surface area contributed by atoms with Gasteiger partial charge in [0.05, 0.1) is 5.71 Å². The minimum atomic E-state index is 0. The van der Waals surface area contributed by atoms with Crippen molar-refractivity contribution in [1.29, 1.82) is 0 Å². The zero-order valence-corrected chi connectivity index (χ0v) is 26.0. The Morgan fingerprint density at radius 2 is 1.73 bits per heavy atom. The molecule has 3 aliphatic rings. The van der Waals surface area contributed by atoms with Crippen LogP contribution in [0.25, 0.3) is 5.57 Å². The van der Waals surface area contributed by atoms with Gasteiger partial charge in [0, 0.05) is 23.9 Å². The number of fused-ring (bicyclic) bond motifs is 1. The molecule has 0 amide bonds. The maximum absolute atomic E-state index is 11.8. The highest BCUT2D eigenvalue weighted by molar-refractivity contribution is 6.15. The van der Waals surface area contributed by atoms with E-state index in [1.165, 1.54) is 58.2 Å². The van der Waals surface area contributed by atoms with E-state index in [-0.39, 0.29) is 13.2 Å². The SMILES string of the molecule is C.C=C1C=CN=C1c1cccc(CN2CCC(CC3Cc4ccccc4C(Cc4ccc(C(C)=O)cc4)=C(C)C3C)CC2)c1. The van der Waals surface area contributed by atoms with Gasteiger partial charge < -0.3 is 0 Å². The van der Waals surface area contributed by atoms with Crippen LogP contribution in [0.5, 0.6) is 0 Å². The third-order valence-electron chi connectivity index (χ3n) is 10.2. The second-order valence-corrected chi connectivity index (χ2v) is 13.0. The molecular weight excluding hydrogens is 536 g/mol.